The summed E-state index contributed by atoms with van der Waals surface area (Å²) in [4.78, 5) is 21.8. The van der Waals surface area contributed by atoms with E-state index in [-0.39, 0.29) is 0 Å². The van der Waals surface area contributed by atoms with Crippen molar-refractivity contribution in [1.82, 2.24) is 5.32 Å². The van der Waals surface area contributed by atoms with Gasteiger partial charge in [-0.05, 0) is 19.3 Å². The lowest BCUT2D eigenvalue weighted by Crippen LogP contribution is -2.51. The molecule has 1 rings (SSSR count). The van der Waals surface area contributed by atoms with Gasteiger partial charge in [0, 0.05) is 5.92 Å². The summed E-state index contributed by atoms with van der Waals surface area (Å²) >= 11 is 0. The van der Waals surface area contributed by atoms with Crippen molar-refractivity contribution in [3.8, 4) is 0 Å². The number of carboxylic acid groups (broad SMARTS) is 1. The van der Waals surface area contributed by atoms with Gasteiger partial charge in [-0.3, -0.25) is 4.79 Å². The molecule has 0 aromatic carbocycles. The van der Waals surface area contributed by atoms with Crippen LogP contribution in [-0.2, 0) is 9.59 Å². The zero-order valence-electron chi connectivity index (χ0n) is 9.59. The van der Waals surface area contributed by atoms with Gasteiger partial charge in [-0.15, -0.1) is 0 Å². The number of halogens is 3. The zero-order chi connectivity index (χ0) is 13.9. The number of aliphatic carboxylic acids is 1. The molecule has 0 heterocycles. The Hall–Kier alpha value is -1.53. The van der Waals surface area contributed by atoms with Crippen molar-refractivity contribution in [3.63, 3.8) is 0 Å². The highest BCUT2D eigenvalue weighted by atomic mass is 19.4. The van der Waals surface area contributed by atoms with Crippen molar-refractivity contribution in [2.45, 2.75) is 37.9 Å². The number of carbonyl (C=O) groups excluding carboxylic acids is 1. The minimum atomic E-state index is -5.08. The number of rotatable bonds is 3. The standard InChI is InChI=1S/C11H14F3NO3/c1-6-4-2-3-5-7(6)8(9(16)17)15-10(18)11(12,13)14/h7-8H,1-5H2,(H,15,18)(H,16,17)/t7-,8-/m1/s1. The molecule has 0 bridgehead atoms. The number of amides is 1. The van der Waals surface area contributed by atoms with Crippen molar-refractivity contribution in [2.75, 3.05) is 0 Å². The van der Waals surface area contributed by atoms with Crippen LogP contribution in [0.25, 0.3) is 0 Å². The highest BCUT2D eigenvalue weighted by Gasteiger charge is 2.43. The monoisotopic (exact) mass is 265 g/mol. The summed E-state index contributed by atoms with van der Waals surface area (Å²) in [5, 5.41) is 10.5. The second-order valence-corrected chi connectivity index (χ2v) is 4.30. The molecule has 18 heavy (non-hydrogen) atoms. The van der Waals surface area contributed by atoms with Crippen LogP contribution in [0.1, 0.15) is 25.7 Å². The number of hydrogen-bond donors (Lipinski definition) is 2. The van der Waals surface area contributed by atoms with Gasteiger partial charge in [0.25, 0.3) is 0 Å². The first kappa shape index (κ1) is 14.5. The van der Waals surface area contributed by atoms with Gasteiger partial charge in [0.15, 0.2) is 0 Å². The van der Waals surface area contributed by atoms with E-state index in [2.05, 4.69) is 6.58 Å². The molecule has 7 heteroatoms. The molecule has 0 spiro atoms. The van der Waals surface area contributed by atoms with Crippen LogP contribution in [0.3, 0.4) is 0 Å². The summed E-state index contributed by atoms with van der Waals surface area (Å²) in [6.45, 7) is 3.67. The van der Waals surface area contributed by atoms with E-state index >= 15 is 0 Å². The molecule has 0 aromatic heterocycles. The number of hydrogen-bond acceptors (Lipinski definition) is 2. The number of carbonyl (C=O) groups is 2. The number of carboxylic acids is 1. The lowest BCUT2D eigenvalue weighted by Gasteiger charge is -2.30. The maximum Gasteiger partial charge on any atom is 0.471 e. The molecule has 0 radical (unpaired) electrons. The Labute approximate surface area is 102 Å². The first-order chi connectivity index (χ1) is 8.23. The summed E-state index contributed by atoms with van der Waals surface area (Å²) in [7, 11) is 0. The SMILES string of the molecule is C=C1CCCC[C@H]1[C@@H](NC(=O)C(F)(F)F)C(=O)O. The van der Waals surface area contributed by atoms with Crippen LogP contribution in [0.2, 0.25) is 0 Å². The van der Waals surface area contributed by atoms with Crippen LogP contribution >= 0.6 is 0 Å². The smallest absolute Gasteiger partial charge is 0.471 e. The summed E-state index contributed by atoms with van der Waals surface area (Å²) in [5.74, 6) is -4.34. The van der Waals surface area contributed by atoms with E-state index in [4.69, 9.17) is 5.11 Å². The summed E-state index contributed by atoms with van der Waals surface area (Å²) < 4.78 is 36.3. The fraction of sp³-hybridized carbons (Fsp3) is 0.636. The Kier molecular flexibility index (Phi) is 4.37. The van der Waals surface area contributed by atoms with E-state index < -0.39 is 30.0 Å². The van der Waals surface area contributed by atoms with E-state index in [1.54, 1.807) is 0 Å². The molecule has 1 aliphatic rings. The van der Waals surface area contributed by atoms with Crippen molar-refractivity contribution in [2.24, 2.45) is 5.92 Å². The number of alkyl halides is 3. The molecule has 0 unspecified atom stereocenters. The molecular weight excluding hydrogens is 251 g/mol. The van der Waals surface area contributed by atoms with Crippen molar-refractivity contribution >= 4 is 11.9 Å². The molecule has 0 aliphatic heterocycles. The van der Waals surface area contributed by atoms with Gasteiger partial charge < -0.3 is 10.4 Å². The average molecular weight is 265 g/mol. The molecule has 2 N–H and O–H groups in total. The van der Waals surface area contributed by atoms with Gasteiger partial charge in [0.2, 0.25) is 0 Å². The predicted octanol–water partition coefficient (Wildman–Crippen LogP) is 1.86. The molecule has 1 saturated carbocycles. The van der Waals surface area contributed by atoms with Gasteiger partial charge in [-0.25, -0.2) is 4.79 Å². The Morgan fingerprint density at radius 2 is 2.00 bits per heavy atom. The van der Waals surface area contributed by atoms with Crippen molar-refractivity contribution < 1.29 is 27.9 Å². The number of nitrogens with one attached hydrogen (secondary N) is 1. The van der Waals surface area contributed by atoms with Crippen LogP contribution in [0, 0.1) is 5.92 Å². The van der Waals surface area contributed by atoms with E-state index in [0.717, 1.165) is 12.8 Å². The van der Waals surface area contributed by atoms with Gasteiger partial charge in [0.05, 0.1) is 0 Å². The first-order valence-corrected chi connectivity index (χ1v) is 5.51. The minimum Gasteiger partial charge on any atom is -0.480 e. The topological polar surface area (TPSA) is 66.4 Å². The molecule has 1 amide bonds. The Morgan fingerprint density at radius 1 is 1.39 bits per heavy atom. The summed E-state index contributed by atoms with van der Waals surface area (Å²) in [6.07, 6.45) is -2.52. The van der Waals surface area contributed by atoms with Crippen LogP contribution in [0.4, 0.5) is 13.2 Å². The summed E-state index contributed by atoms with van der Waals surface area (Å²) in [6, 6.07) is -1.56. The van der Waals surface area contributed by atoms with Crippen molar-refractivity contribution in [3.05, 3.63) is 12.2 Å². The van der Waals surface area contributed by atoms with Crippen molar-refractivity contribution in [1.29, 1.82) is 0 Å². The third kappa shape index (κ3) is 3.48. The second kappa shape index (κ2) is 5.41. The molecule has 1 aliphatic carbocycles. The second-order valence-electron chi connectivity index (χ2n) is 4.30. The highest BCUT2D eigenvalue weighted by molar-refractivity contribution is 5.87. The molecule has 1 fully saturated rings. The Morgan fingerprint density at radius 3 is 2.44 bits per heavy atom. The van der Waals surface area contributed by atoms with E-state index in [9.17, 15) is 22.8 Å². The van der Waals surface area contributed by atoms with Gasteiger partial charge in [-0.2, -0.15) is 13.2 Å². The molecule has 0 saturated heterocycles. The fourth-order valence-corrected chi connectivity index (χ4v) is 2.07. The quantitative estimate of drug-likeness (QED) is 0.765. The first-order valence-electron chi connectivity index (χ1n) is 5.51. The third-order valence-corrected chi connectivity index (χ3v) is 3.00. The lowest BCUT2D eigenvalue weighted by molar-refractivity contribution is -0.176. The van der Waals surface area contributed by atoms with E-state index in [1.165, 1.54) is 5.32 Å². The van der Waals surface area contributed by atoms with Gasteiger partial charge in [0.1, 0.15) is 6.04 Å². The maximum atomic E-state index is 12.1. The van der Waals surface area contributed by atoms with Crippen LogP contribution < -0.4 is 5.32 Å². The van der Waals surface area contributed by atoms with Crippen LogP contribution in [0.5, 0.6) is 0 Å². The molecule has 102 valence electrons. The van der Waals surface area contributed by atoms with Gasteiger partial charge in [-0.1, -0.05) is 18.6 Å². The molecule has 0 aromatic rings. The Balaban J connectivity index is 2.80. The Bertz CT molecular complexity index is 365. The summed E-state index contributed by atoms with van der Waals surface area (Å²) in [5.41, 5.74) is 0.580. The fourth-order valence-electron chi connectivity index (χ4n) is 2.07. The zero-order valence-corrected chi connectivity index (χ0v) is 9.59. The van der Waals surface area contributed by atoms with E-state index in [0.29, 0.717) is 18.4 Å². The molecular formula is C11H14F3NO3. The van der Waals surface area contributed by atoms with Crippen LogP contribution in [-0.4, -0.2) is 29.2 Å². The average Bonchev–Trinajstić information content (AvgIpc) is 2.25. The lowest BCUT2D eigenvalue weighted by atomic mass is 9.80. The minimum absolute atomic E-state index is 0.425. The van der Waals surface area contributed by atoms with Gasteiger partial charge >= 0.3 is 18.1 Å². The highest BCUT2D eigenvalue weighted by Crippen LogP contribution is 2.31. The largest absolute Gasteiger partial charge is 0.480 e. The van der Waals surface area contributed by atoms with E-state index in [1.807, 2.05) is 0 Å². The molecule has 2 atom stereocenters. The molecule has 4 nitrogen and oxygen atoms in total. The normalized spacial score (nSPS) is 22.4. The van der Waals surface area contributed by atoms with Crippen LogP contribution in [0.15, 0.2) is 12.2 Å². The maximum absolute atomic E-state index is 12.1. The third-order valence-electron chi connectivity index (χ3n) is 3.00. The predicted molar refractivity (Wildman–Crippen MR) is 56.7 cm³/mol.